The molecule has 2 aromatic carbocycles. The van der Waals surface area contributed by atoms with Crippen LogP contribution in [0.15, 0.2) is 85.3 Å². The summed E-state index contributed by atoms with van der Waals surface area (Å²) in [6.45, 7) is 6.83. The molecule has 1 amide bonds. The lowest BCUT2D eigenvalue weighted by Crippen LogP contribution is -2.44. The van der Waals surface area contributed by atoms with Crippen molar-refractivity contribution in [2.45, 2.75) is 33.2 Å². The van der Waals surface area contributed by atoms with E-state index in [9.17, 15) is 4.79 Å². The van der Waals surface area contributed by atoms with Crippen molar-refractivity contribution in [1.29, 1.82) is 0 Å². The summed E-state index contributed by atoms with van der Waals surface area (Å²) >= 11 is 0. The lowest BCUT2D eigenvalue weighted by Gasteiger charge is -2.38. The molecule has 7 heteroatoms. The van der Waals surface area contributed by atoms with Gasteiger partial charge in [-0.05, 0) is 74.3 Å². The van der Waals surface area contributed by atoms with Gasteiger partial charge in [0.1, 0.15) is 0 Å². The number of rotatable bonds is 7. The fourth-order valence-corrected chi connectivity index (χ4v) is 4.60. The number of benzene rings is 2. The molecule has 2 N–H and O–H groups in total. The number of aryl methyl sites for hydroxylation is 1. The largest absolute Gasteiger partial charge is 0.326 e. The molecule has 37 heavy (non-hydrogen) atoms. The van der Waals surface area contributed by atoms with Crippen LogP contribution in [0, 0.1) is 12.3 Å². The standard InChI is InChI=1S/C30H32N6O/c1-22-10-11-25(19-27(22)35-29-32-16-12-26(34-29)24-9-6-15-31-20-24)33-28(37)30(2)13-17-36(18-14-30)21-23-7-4-3-5-8-23/h3-12,15-16,19-20H,13-14,17-18,21H2,1-2H3,(H,33,37)(H,32,34,35). The predicted molar refractivity (Wildman–Crippen MR) is 147 cm³/mol. The molecule has 2 aromatic heterocycles. The molecular formula is C30H32N6O. The van der Waals surface area contributed by atoms with Crippen LogP contribution in [0.4, 0.5) is 17.3 Å². The van der Waals surface area contributed by atoms with Gasteiger partial charge < -0.3 is 10.6 Å². The summed E-state index contributed by atoms with van der Waals surface area (Å²) in [4.78, 5) is 28.9. The van der Waals surface area contributed by atoms with Gasteiger partial charge in [0.05, 0.1) is 5.69 Å². The van der Waals surface area contributed by atoms with E-state index in [1.165, 1.54) is 5.56 Å². The Kier molecular flexibility index (Phi) is 7.23. The zero-order chi connectivity index (χ0) is 25.7. The maximum Gasteiger partial charge on any atom is 0.230 e. The molecule has 0 aliphatic carbocycles. The number of aromatic nitrogens is 3. The summed E-state index contributed by atoms with van der Waals surface area (Å²) in [7, 11) is 0. The fourth-order valence-electron chi connectivity index (χ4n) is 4.60. The normalized spacial score (nSPS) is 15.2. The average Bonchev–Trinajstić information content (AvgIpc) is 2.93. The summed E-state index contributed by atoms with van der Waals surface area (Å²) in [5.74, 6) is 0.558. The monoisotopic (exact) mass is 492 g/mol. The number of hydrogen-bond donors (Lipinski definition) is 2. The van der Waals surface area contributed by atoms with Crippen molar-refractivity contribution in [2.24, 2.45) is 5.41 Å². The van der Waals surface area contributed by atoms with Gasteiger partial charge in [-0.1, -0.05) is 43.3 Å². The lowest BCUT2D eigenvalue weighted by atomic mass is 9.79. The highest BCUT2D eigenvalue weighted by molar-refractivity contribution is 5.95. The number of carbonyl (C=O) groups excluding carboxylic acids is 1. The van der Waals surface area contributed by atoms with Crippen molar-refractivity contribution in [3.05, 3.63) is 96.4 Å². The third-order valence-electron chi connectivity index (χ3n) is 7.11. The van der Waals surface area contributed by atoms with Gasteiger partial charge in [0.2, 0.25) is 11.9 Å². The van der Waals surface area contributed by atoms with Crippen molar-refractivity contribution in [3.8, 4) is 11.3 Å². The Bertz CT molecular complexity index is 1350. The van der Waals surface area contributed by atoms with Crippen molar-refractivity contribution in [2.75, 3.05) is 23.7 Å². The first-order valence-electron chi connectivity index (χ1n) is 12.7. The van der Waals surface area contributed by atoms with Crippen LogP contribution in [0.25, 0.3) is 11.3 Å². The van der Waals surface area contributed by atoms with Crippen LogP contribution >= 0.6 is 0 Å². The Morgan fingerprint density at radius 2 is 1.81 bits per heavy atom. The molecule has 0 bridgehead atoms. The lowest BCUT2D eigenvalue weighted by molar-refractivity contribution is -0.127. The van der Waals surface area contributed by atoms with Gasteiger partial charge in [-0.15, -0.1) is 0 Å². The molecule has 0 spiro atoms. The molecule has 0 radical (unpaired) electrons. The van der Waals surface area contributed by atoms with E-state index in [1.807, 2.05) is 49.4 Å². The van der Waals surface area contributed by atoms with Crippen molar-refractivity contribution in [3.63, 3.8) is 0 Å². The van der Waals surface area contributed by atoms with E-state index in [-0.39, 0.29) is 5.91 Å². The van der Waals surface area contributed by atoms with Gasteiger partial charge in [0.25, 0.3) is 0 Å². The molecule has 1 aliphatic rings. The van der Waals surface area contributed by atoms with E-state index in [4.69, 9.17) is 0 Å². The third-order valence-corrected chi connectivity index (χ3v) is 7.11. The van der Waals surface area contributed by atoms with Crippen LogP contribution in [0.2, 0.25) is 0 Å². The molecule has 0 saturated carbocycles. The molecule has 3 heterocycles. The Labute approximate surface area is 218 Å². The van der Waals surface area contributed by atoms with Gasteiger partial charge in [-0.2, -0.15) is 0 Å². The summed E-state index contributed by atoms with van der Waals surface area (Å²) in [5.41, 5.74) is 5.28. The second-order valence-corrected chi connectivity index (χ2v) is 9.94. The number of anilines is 3. The van der Waals surface area contributed by atoms with E-state index in [1.54, 1.807) is 18.6 Å². The van der Waals surface area contributed by atoms with Gasteiger partial charge in [-0.3, -0.25) is 14.7 Å². The highest BCUT2D eigenvalue weighted by Gasteiger charge is 2.37. The minimum atomic E-state index is -0.396. The van der Waals surface area contributed by atoms with Gasteiger partial charge in [-0.25, -0.2) is 9.97 Å². The molecule has 1 saturated heterocycles. The SMILES string of the molecule is Cc1ccc(NC(=O)C2(C)CCN(Cc3ccccc3)CC2)cc1Nc1nccc(-c2cccnc2)n1. The fraction of sp³-hybridized carbons (Fsp3) is 0.267. The molecule has 188 valence electrons. The minimum Gasteiger partial charge on any atom is -0.326 e. The van der Waals surface area contributed by atoms with Crippen LogP contribution < -0.4 is 10.6 Å². The second kappa shape index (κ2) is 10.9. The van der Waals surface area contributed by atoms with Gasteiger partial charge in [0, 0.05) is 47.5 Å². The Balaban J connectivity index is 1.23. The zero-order valence-corrected chi connectivity index (χ0v) is 21.3. The Morgan fingerprint density at radius 3 is 2.57 bits per heavy atom. The first-order valence-corrected chi connectivity index (χ1v) is 12.7. The number of piperidine rings is 1. The van der Waals surface area contributed by atoms with Gasteiger partial charge in [0.15, 0.2) is 0 Å². The first-order chi connectivity index (χ1) is 18.0. The minimum absolute atomic E-state index is 0.0662. The number of amides is 1. The molecule has 5 rings (SSSR count). The predicted octanol–water partition coefficient (Wildman–Crippen LogP) is 5.83. The van der Waals surface area contributed by atoms with Crippen LogP contribution in [0.3, 0.4) is 0 Å². The highest BCUT2D eigenvalue weighted by Crippen LogP contribution is 2.33. The van der Waals surface area contributed by atoms with E-state index < -0.39 is 5.41 Å². The maximum absolute atomic E-state index is 13.3. The van der Waals surface area contributed by atoms with Crippen molar-refractivity contribution >= 4 is 23.2 Å². The Morgan fingerprint density at radius 1 is 1.00 bits per heavy atom. The smallest absolute Gasteiger partial charge is 0.230 e. The van der Waals surface area contributed by atoms with E-state index in [0.29, 0.717) is 5.95 Å². The molecule has 4 aromatic rings. The van der Waals surface area contributed by atoms with Crippen LogP contribution in [0.5, 0.6) is 0 Å². The molecule has 1 aliphatic heterocycles. The number of hydrogen-bond acceptors (Lipinski definition) is 6. The second-order valence-electron chi connectivity index (χ2n) is 9.94. The van der Waals surface area contributed by atoms with Crippen molar-refractivity contribution in [1.82, 2.24) is 19.9 Å². The number of nitrogens with zero attached hydrogens (tertiary/aromatic N) is 4. The third kappa shape index (κ3) is 6.01. The van der Waals surface area contributed by atoms with Crippen LogP contribution in [-0.4, -0.2) is 38.8 Å². The zero-order valence-electron chi connectivity index (χ0n) is 21.3. The van der Waals surface area contributed by atoms with E-state index in [0.717, 1.165) is 60.7 Å². The summed E-state index contributed by atoms with van der Waals surface area (Å²) in [5, 5.41) is 6.47. The number of likely N-dealkylation sites (tertiary alicyclic amines) is 1. The van der Waals surface area contributed by atoms with Crippen LogP contribution in [-0.2, 0) is 11.3 Å². The van der Waals surface area contributed by atoms with Crippen LogP contribution in [0.1, 0.15) is 30.9 Å². The number of pyridine rings is 1. The molecule has 0 atom stereocenters. The quantitative estimate of drug-likeness (QED) is 0.338. The maximum atomic E-state index is 13.3. The molecule has 7 nitrogen and oxygen atoms in total. The molecular weight excluding hydrogens is 460 g/mol. The summed E-state index contributed by atoms with van der Waals surface area (Å²) in [6, 6.07) is 22.1. The number of nitrogens with one attached hydrogen (secondary N) is 2. The highest BCUT2D eigenvalue weighted by atomic mass is 16.2. The molecule has 0 unspecified atom stereocenters. The summed E-state index contributed by atoms with van der Waals surface area (Å²) < 4.78 is 0. The number of carbonyl (C=O) groups is 1. The topological polar surface area (TPSA) is 83.0 Å². The average molecular weight is 493 g/mol. The Hall–Kier alpha value is -4.10. The van der Waals surface area contributed by atoms with Crippen molar-refractivity contribution < 1.29 is 4.79 Å². The van der Waals surface area contributed by atoms with E-state index >= 15 is 0 Å². The van der Waals surface area contributed by atoms with E-state index in [2.05, 4.69) is 61.7 Å². The first kappa shape index (κ1) is 24.6. The van der Waals surface area contributed by atoms with Gasteiger partial charge >= 0.3 is 0 Å². The summed E-state index contributed by atoms with van der Waals surface area (Å²) in [6.07, 6.45) is 6.90. The molecule has 1 fully saturated rings.